The molecule has 5 heteroatoms. The van der Waals surface area contributed by atoms with Gasteiger partial charge in [0.25, 0.3) is 0 Å². The van der Waals surface area contributed by atoms with Gasteiger partial charge < -0.3 is 15.0 Å². The molecule has 1 rings (SSSR count). The van der Waals surface area contributed by atoms with E-state index >= 15 is 0 Å². The second kappa shape index (κ2) is 6.60. The fourth-order valence-electron chi connectivity index (χ4n) is 1.92. The molecule has 0 saturated carbocycles. The molecule has 0 aromatic heterocycles. The Morgan fingerprint density at radius 1 is 1.44 bits per heavy atom. The van der Waals surface area contributed by atoms with Crippen LogP contribution in [0.15, 0.2) is 0 Å². The lowest BCUT2D eigenvalue weighted by Crippen LogP contribution is -2.46. The summed E-state index contributed by atoms with van der Waals surface area (Å²) in [5.41, 5.74) is -0.432. The maximum Gasteiger partial charge on any atom is 0.410 e. The van der Waals surface area contributed by atoms with Crippen molar-refractivity contribution in [2.24, 2.45) is 0 Å². The van der Waals surface area contributed by atoms with Gasteiger partial charge in [-0.2, -0.15) is 5.26 Å². The van der Waals surface area contributed by atoms with Crippen LogP contribution < -0.4 is 5.32 Å². The third kappa shape index (κ3) is 5.37. The van der Waals surface area contributed by atoms with Crippen LogP contribution in [0.3, 0.4) is 0 Å². The van der Waals surface area contributed by atoms with E-state index in [0.717, 1.165) is 32.5 Å². The standard InChI is InChI=1S/C13H23N3O2/c1-13(2,3)18-12(17)16-9-5-11(6-10-16)15-8-4-7-14/h11,15H,4-6,8-10H2,1-3H3. The Bertz CT molecular complexity index is 309. The van der Waals surface area contributed by atoms with Gasteiger partial charge in [-0.3, -0.25) is 0 Å². The fourth-order valence-corrected chi connectivity index (χ4v) is 1.92. The van der Waals surface area contributed by atoms with Crippen LogP contribution in [0.25, 0.3) is 0 Å². The van der Waals surface area contributed by atoms with E-state index in [0.29, 0.717) is 12.5 Å². The number of hydrogen-bond donors (Lipinski definition) is 1. The number of likely N-dealkylation sites (tertiary alicyclic amines) is 1. The first-order valence-electron chi connectivity index (χ1n) is 6.50. The van der Waals surface area contributed by atoms with Crippen LogP contribution in [-0.4, -0.2) is 42.3 Å². The van der Waals surface area contributed by atoms with Crippen molar-refractivity contribution in [3.63, 3.8) is 0 Å². The number of piperidine rings is 1. The molecule has 1 aliphatic rings. The first kappa shape index (κ1) is 14.8. The summed E-state index contributed by atoms with van der Waals surface area (Å²) < 4.78 is 5.33. The minimum atomic E-state index is -0.432. The molecule has 1 aliphatic heterocycles. The van der Waals surface area contributed by atoms with Crippen LogP contribution in [0.5, 0.6) is 0 Å². The molecule has 1 saturated heterocycles. The van der Waals surface area contributed by atoms with Gasteiger partial charge in [-0.15, -0.1) is 0 Å². The van der Waals surface area contributed by atoms with Crippen molar-refractivity contribution >= 4 is 6.09 Å². The van der Waals surface area contributed by atoms with Crippen LogP contribution in [0, 0.1) is 11.3 Å². The second-order valence-corrected chi connectivity index (χ2v) is 5.60. The summed E-state index contributed by atoms with van der Waals surface area (Å²) in [6, 6.07) is 2.53. The molecular weight excluding hydrogens is 230 g/mol. The molecule has 102 valence electrons. The number of rotatable bonds is 3. The molecule has 18 heavy (non-hydrogen) atoms. The van der Waals surface area contributed by atoms with E-state index in [2.05, 4.69) is 11.4 Å². The number of hydrogen-bond acceptors (Lipinski definition) is 4. The third-order valence-electron chi connectivity index (χ3n) is 2.82. The topological polar surface area (TPSA) is 65.4 Å². The van der Waals surface area contributed by atoms with E-state index in [1.54, 1.807) is 4.90 Å². The first-order chi connectivity index (χ1) is 8.42. The first-order valence-corrected chi connectivity index (χ1v) is 6.50. The monoisotopic (exact) mass is 253 g/mol. The zero-order chi connectivity index (χ0) is 13.6. The summed E-state index contributed by atoms with van der Waals surface area (Å²) in [6.45, 7) is 7.80. The molecule has 5 nitrogen and oxygen atoms in total. The summed E-state index contributed by atoms with van der Waals surface area (Å²) in [5, 5.41) is 11.8. The molecule has 0 spiro atoms. The minimum absolute atomic E-state index is 0.224. The van der Waals surface area contributed by atoms with Crippen LogP contribution in [0.2, 0.25) is 0 Å². The Morgan fingerprint density at radius 3 is 2.56 bits per heavy atom. The van der Waals surface area contributed by atoms with Crippen molar-refractivity contribution in [1.82, 2.24) is 10.2 Å². The van der Waals surface area contributed by atoms with Crippen molar-refractivity contribution in [2.75, 3.05) is 19.6 Å². The SMILES string of the molecule is CC(C)(C)OC(=O)N1CCC(NCCC#N)CC1. The molecule has 1 fully saturated rings. The highest BCUT2D eigenvalue weighted by atomic mass is 16.6. The van der Waals surface area contributed by atoms with Gasteiger partial charge >= 0.3 is 6.09 Å². The van der Waals surface area contributed by atoms with Gasteiger partial charge in [0, 0.05) is 32.1 Å². The summed E-state index contributed by atoms with van der Waals surface area (Å²) in [7, 11) is 0. The smallest absolute Gasteiger partial charge is 0.410 e. The average molecular weight is 253 g/mol. The highest BCUT2D eigenvalue weighted by molar-refractivity contribution is 5.68. The maximum absolute atomic E-state index is 11.8. The van der Waals surface area contributed by atoms with Crippen molar-refractivity contribution < 1.29 is 9.53 Å². The fraction of sp³-hybridized carbons (Fsp3) is 0.846. The molecule has 0 radical (unpaired) electrons. The van der Waals surface area contributed by atoms with E-state index in [1.165, 1.54) is 0 Å². The molecule has 1 heterocycles. The number of ether oxygens (including phenoxy) is 1. The predicted octanol–water partition coefficient (Wildman–Crippen LogP) is 1.89. The summed E-state index contributed by atoms with van der Waals surface area (Å²) in [4.78, 5) is 13.6. The van der Waals surface area contributed by atoms with E-state index in [9.17, 15) is 4.79 Å². The molecule has 0 aromatic carbocycles. The van der Waals surface area contributed by atoms with E-state index in [4.69, 9.17) is 10.00 Å². The molecular formula is C13H23N3O2. The van der Waals surface area contributed by atoms with Crippen LogP contribution in [0.4, 0.5) is 4.79 Å². The Hall–Kier alpha value is -1.28. The van der Waals surface area contributed by atoms with Crippen LogP contribution in [0.1, 0.15) is 40.0 Å². The van der Waals surface area contributed by atoms with E-state index in [-0.39, 0.29) is 6.09 Å². The van der Waals surface area contributed by atoms with Crippen molar-refractivity contribution in [3.05, 3.63) is 0 Å². The lowest BCUT2D eigenvalue weighted by atomic mass is 10.1. The number of nitrogens with zero attached hydrogens (tertiary/aromatic N) is 2. The van der Waals surface area contributed by atoms with Gasteiger partial charge in [0.1, 0.15) is 5.60 Å². The highest BCUT2D eigenvalue weighted by Gasteiger charge is 2.26. The van der Waals surface area contributed by atoms with Crippen LogP contribution >= 0.6 is 0 Å². The number of carbonyl (C=O) groups is 1. The summed E-state index contributed by atoms with van der Waals surface area (Å²) in [5.74, 6) is 0. The zero-order valence-electron chi connectivity index (χ0n) is 11.5. The lowest BCUT2D eigenvalue weighted by molar-refractivity contribution is 0.0199. The molecule has 1 amide bonds. The van der Waals surface area contributed by atoms with Crippen molar-refractivity contribution in [2.45, 2.75) is 51.7 Å². The minimum Gasteiger partial charge on any atom is -0.444 e. The van der Waals surface area contributed by atoms with Crippen molar-refractivity contribution in [3.8, 4) is 6.07 Å². The Kier molecular flexibility index (Phi) is 5.42. The van der Waals surface area contributed by atoms with Crippen LogP contribution in [-0.2, 0) is 4.74 Å². The number of amides is 1. The van der Waals surface area contributed by atoms with Gasteiger partial charge in [0.2, 0.25) is 0 Å². The molecule has 0 aromatic rings. The highest BCUT2D eigenvalue weighted by Crippen LogP contribution is 2.15. The largest absolute Gasteiger partial charge is 0.444 e. The third-order valence-corrected chi connectivity index (χ3v) is 2.82. The lowest BCUT2D eigenvalue weighted by Gasteiger charge is -2.33. The van der Waals surface area contributed by atoms with E-state index in [1.807, 2.05) is 20.8 Å². The molecule has 0 unspecified atom stereocenters. The zero-order valence-corrected chi connectivity index (χ0v) is 11.5. The van der Waals surface area contributed by atoms with Gasteiger partial charge in [-0.1, -0.05) is 0 Å². The number of nitrogens with one attached hydrogen (secondary N) is 1. The Labute approximate surface area is 109 Å². The maximum atomic E-state index is 11.8. The average Bonchev–Trinajstić information content (AvgIpc) is 2.28. The van der Waals surface area contributed by atoms with Gasteiger partial charge in [-0.05, 0) is 33.6 Å². The normalized spacial score (nSPS) is 17.3. The Balaban J connectivity index is 2.27. The molecule has 0 aliphatic carbocycles. The van der Waals surface area contributed by atoms with Gasteiger partial charge in [-0.25, -0.2) is 4.79 Å². The van der Waals surface area contributed by atoms with E-state index < -0.39 is 5.60 Å². The molecule has 0 bridgehead atoms. The second-order valence-electron chi connectivity index (χ2n) is 5.60. The van der Waals surface area contributed by atoms with Gasteiger partial charge in [0.15, 0.2) is 0 Å². The van der Waals surface area contributed by atoms with Gasteiger partial charge in [0.05, 0.1) is 6.07 Å². The summed E-state index contributed by atoms with van der Waals surface area (Å²) >= 11 is 0. The Morgan fingerprint density at radius 2 is 2.06 bits per heavy atom. The summed E-state index contributed by atoms with van der Waals surface area (Å²) in [6.07, 6.45) is 2.15. The quantitative estimate of drug-likeness (QED) is 0.780. The number of nitriles is 1. The molecule has 1 N–H and O–H groups in total. The number of carbonyl (C=O) groups excluding carboxylic acids is 1. The predicted molar refractivity (Wildman–Crippen MR) is 69.1 cm³/mol. The van der Waals surface area contributed by atoms with Crippen molar-refractivity contribution in [1.29, 1.82) is 5.26 Å². The molecule has 0 atom stereocenters.